The Bertz CT molecular complexity index is 405. The molecule has 2 rings (SSSR count). The number of hydrogen-bond donors (Lipinski definition) is 1. The summed E-state index contributed by atoms with van der Waals surface area (Å²) < 4.78 is 11.6. The van der Waals surface area contributed by atoms with Crippen LogP contribution in [0, 0.1) is 5.92 Å². The minimum absolute atomic E-state index is 0.0423. The molecule has 1 aromatic carbocycles. The van der Waals surface area contributed by atoms with Crippen LogP contribution < -0.4 is 15.2 Å². The molecule has 0 amide bonds. The van der Waals surface area contributed by atoms with Crippen LogP contribution in [0.1, 0.15) is 30.9 Å². The largest absolute Gasteiger partial charge is 0.496 e. The van der Waals surface area contributed by atoms with Crippen molar-refractivity contribution in [3.05, 3.63) is 22.2 Å². The van der Waals surface area contributed by atoms with Crippen LogP contribution in [-0.4, -0.2) is 14.2 Å². The lowest BCUT2D eigenvalue weighted by molar-refractivity contribution is 0.259. The second-order valence-electron chi connectivity index (χ2n) is 4.45. The molecule has 0 unspecified atom stereocenters. The molecule has 1 atom stereocenters. The van der Waals surface area contributed by atoms with Crippen LogP contribution in [0.15, 0.2) is 16.6 Å². The predicted octanol–water partition coefficient (Wildman–Crippen LogP) is 3.27. The fourth-order valence-electron chi connectivity index (χ4n) is 2.20. The van der Waals surface area contributed by atoms with E-state index in [-0.39, 0.29) is 6.04 Å². The van der Waals surface area contributed by atoms with Crippen LogP contribution in [0.3, 0.4) is 0 Å². The van der Waals surface area contributed by atoms with Gasteiger partial charge in [0, 0.05) is 11.6 Å². The molecule has 2 N–H and O–H groups in total. The Balaban J connectivity index is 2.35. The summed E-state index contributed by atoms with van der Waals surface area (Å²) in [7, 11) is 3.33. The summed E-state index contributed by atoms with van der Waals surface area (Å²) in [5.74, 6) is 2.21. The maximum absolute atomic E-state index is 6.30. The van der Waals surface area contributed by atoms with Crippen molar-refractivity contribution in [2.45, 2.75) is 25.3 Å². The molecule has 0 aliphatic heterocycles. The molecule has 1 fully saturated rings. The average Bonchev–Trinajstić information content (AvgIpc) is 2.26. The van der Waals surface area contributed by atoms with Gasteiger partial charge in [-0.05, 0) is 46.8 Å². The number of halogens is 1. The molecule has 17 heavy (non-hydrogen) atoms. The zero-order valence-corrected chi connectivity index (χ0v) is 11.8. The van der Waals surface area contributed by atoms with Gasteiger partial charge in [-0.2, -0.15) is 0 Å². The van der Waals surface area contributed by atoms with E-state index in [1.165, 1.54) is 19.3 Å². The highest BCUT2D eigenvalue weighted by atomic mass is 79.9. The first-order valence-electron chi connectivity index (χ1n) is 5.84. The fourth-order valence-corrected chi connectivity index (χ4v) is 2.68. The van der Waals surface area contributed by atoms with E-state index in [1.807, 2.05) is 12.1 Å². The van der Waals surface area contributed by atoms with Gasteiger partial charge in [0.15, 0.2) is 0 Å². The highest BCUT2D eigenvalue weighted by molar-refractivity contribution is 9.10. The minimum Gasteiger partial charge on any atom is -0.496 e. The molecule has 94 valence electrons. The standard InChI is InChI=1S/C13H18BrNO2/c1-16-11-7-10(14)12(17-2)6-9(11)13(15)8-4-3-5-8/h6-8,13H,3-5,15H2,1-2H3/t13-/m1/s1. The lowest BCUT2D eigenvalue weighted by Crippen LogP contribution is -2.27. The maximum Gasteiger partial charge on any atom is 0.133 e. The number of methoxy groups -OCH3 is 2. The highest BCUT2D eigenvalue weighted by Crippen LogP contribution is 2.42. The first kappa shape index (κ1) is 12.7. The molecular weight excluding hydrogens is 282 g/mol. The van der Waals surface area contributed by atoms with Gasteiger partial charge in [0.2, 0.25) is 0 Å². The molecule has 1 aromatic rings. The van der Waals surface area contributed by atoms with Gasteiger partial charge >= 0.3 is 0 Å². The Hall–Kier alpha value is -0.740. The molecule has 0 aromatic heterocycles. The van der Waals surface area contributed by atoms with Crippen molar-refractivity contribution in [3.8, 4) is 11.5 Å². The molecular formula is C13H18BrNO2. The Morgan fingerprint density at radius 2 is 1.88 bits per heavy atom. The van der Waals surface area contributed by atoms with Crippen molar-refractivity contribution in [1.29, 1.82) is 0 Å². The van der Waals surface area contributed by atoms with E-state index in [0.29, 0.717) is 5.92 Å². The smallest absolute Gasteiger partial charge is 0.133 e. The van der Waals surface area contributed by atoms with E-state index < -0.39 is 0 Å². The zero-order valence-electron chi connectivity index (χ0n) is 10.2. The van der Waals surface area contributed by atoms with Gasteiger partial charge in [0.05, 0.1) is 18.7 Å². The minimum atomic E-state index is 0.0423. The maximum atomic E-state index is 6.30. The van der Waals surface area contributed by atoms with Gasteiger partial charge in [-0.3, -0.25) is 0 Å². The summed E-state index contributed by atoms with van der Waals surface area (Å²) in [4.78, 5) is 0. The number of benzene rings is 1. The van der Waals surface area contributed by atoms with Crippen LogP contribution in [0.4, 0.5) is 0 Å². The SMILES string of the molecule is COc1cc([C@H](N)C2CCC2)c(OC)cc1Br. The summed E-state index contributed by atoms with van der Waals surface area (Å²) in [6, 6.07) is 3.94. The molecule has 0 bridgehead atoms. The van der Waals surface area contributed by atoms with E-state index in [4.69, 9.17) is 15.2 Å². The zero-order chi connectivity index (χ0) is 12.4. The third-order valence-electron chi connectivity index (χ3n) is 3.52. The second-order valence-corrected chi connectivity index (χ2v) is 5.30. The van der Waals surface area contributed by atoms with Gasteiger partial charge in [0.25, 0.3) is 0 Å². The van der Waals surface area contributed by atoms with Crippen LogP contribution in [0.25, 0.3) is 0 Å². The molecule has 1 aliphatic carbocycles. The third kappa shape index (κ3) is 2.43. The topological polar surface area (TPSA) is 44.5 Å². The first-order valence-corrected chi connectivity index (χ1v) is 6.63. The van der Waals surface area contributed by atoms with Crippen molar-refractivity contribution in [1.82, 2.24) is 0 Å². The lowest BCUT2D eigenvalue weighted by Gasteiger charge is -2.32. The molecule has 0 saturated heterocycles. The molecule has 3 nitrogen and oxygen atoms in total. The van der Waals surface area contributed by atoms with Crippen LogP contribution >= 0.6 is 15.9 Å². The molecule has 0 radical (unpaired) electrons. The van der Waals surface area contributed by atoms with Crippen molar-refractivity contribution in [3.63, 3.8) is 0 Å². The molecule has 0 spiro atoms. The summed E-state index contributed by atoms with van der Waals surface area (Å²) in [6.45, 7) is 0. The van der Waals surface area contributed by atoms with Crippen LogP contribution in [0.5, 0.6) is 11.5 Å². The van der Waals surface area contributed by atoms with E-state index >= 15 is 0 Å². The quantitative estimate of drug-likeness (QED) is 0.928. The Morgan fingerprint density at radius 1 is 1.24 bits per heavy atom. The molecule has 1 aliphatic rings. The molecule has 1 saturated carbocycles. The number of nitrogens with two attached hydrogens (primary N) is 1. The number of ether oxygens (including phenoxy) is 2. The Kier molecular flexibility index (Phi) is 3.94. The lowest BCUT2D eigenvalue weighted by atomic mass is 9.77. The van der Waals surface area contributed by atoms with Gasteiger partial charge < -0.3 is 15.2 Å². The monoisotopic (exact) mass is 299 g/mol. The van der Waals surface area contributed by atoms with Crippen molar-refractivity contribution >= 4 is 15.9 Å². The molecule has 0 heterocycles. The van der Waals surface area contributed by atoms with E-state index in [0.717, 1.165) is 21.5 Å². The van der Waals surface area contributed by atoms with E-state index in [2.05, 4.69) is 15.9 Å². The summed E-state index contributed by atoms with van der Waals surface area (Å²) in [5.41, 5.74) is 7.34. The van der Waals surface area contributed by atoms with Crippen LogP contribution in [-0.2, 0) is 0 Å². The second kappa shape index (κ2) is 5.27. The molecule has 4 heteroatoms. The normalized spacial score (nSPS) is 17.4. The van der Waals surface area contributed by atoms with Gasteiger partial charge in [-0.25, -0.2) is 0 Å². The van der Waals surface area contributed by atoms with Crippen LogP contribution in [0.2, 0.25) is 0 Å². The first-order chi connectivity index (χ1) is 8.17. The summed E-state index contributed by atoms with van der Waals surface area (Å²) >= 11 is 3.45. The fraction of sp³-hybridized carbons (Fsp3) is 0.538. The number of rotatable bonds is 4. The predicted molar refractivity (Wildman–Crippen MR) is 71.5 cm³/mol. The van der Waals surface area contributed by atoms with Gasteiger partial charge in [-0.1, -0.05) is 6.42 Å². The van der Waals surface area contributed by atoms with E-state index in [1.54, 1.807) is 14.2 Å². The van der Waals surface area contributed by atoms with Gasteiger partial charge in [0.1, 0.15) is 11.5 Å². The average molecular weight is 300 g/mol. The highest BCUT2D eigenvalue weighted by Gasteiger charge is 2.28. The Labute approximate surface area is 110 Å². The van der Waals surface area contributed by atoms with E-state index in [9.17, 15) is 0 Å². The Morgan fingerprint density at radius 3 is 2.35 bits per heavy atom. The van der Waals surface area contributed by atoms with Crippen molar-refractivity contribution in [2.75, 3.05) is 14.2 Å². The summed E-state index contributed by atoms with van der Waals surface area (Å²) in [6.07, 6.45) is 3.71. The van der Waals surface area contributed by atoms with Crippen molar-refractivity contribution < 1.29 is 9.47 Å². The van der Waals surface area contributed by atoms with Crippen molar-refractivity contribution in [2.24, 2.45) is 11.7 Å². The third-order valence-corrected chi connectivity index (χ3v) is 4.14. The summed E-state index contributed by atoms with van der Waals surface area (Å²) in [5, 5.41) is 0. The van der Waals surface area contributed by atoms with Gasteiger partial charge in [-0.15, -0.1) is 0 Å². The number of hydrogen-bond acceptors (Lipinski definition) is 3.